The fraction of sp³-hybridized carbons (Fsp3) is 0.333. The summed E-state index contributed by atoms with van der Waals surface area (Å²) in [5.41, 5.74) is 2.34. The Hall–Kier alpha value is -2.76. The van der Waals surface area contributed by atoms with Gasteiger partial charge in [0.15, 0.2) is 5.96 Å². The monoisotopic (exact) mass is 328 g/mol. The van der Waals surface area contributed by atoms with Gasteiger partial charge in [-0.2, -0.15) is 0 Å². The van der Waals surface area contributed by atoms with Crippen LogP contribution in [0.2, 0.25) is 0 Å². The lowest BCUT2D eigenvalue weighted by atomic mass is 10.1. The predicted molar refractivity (Wildman–Crippen MR) is 94.6 cm³/mol. The fourth-order valence-electron chi connectivity index (χ4n) is 2.15. The van der Waals surface area contributed by atoms with Gasteiger partial charge in [0.2, 0.25) is 5.91 Å². The van der Waals surface area contributed by atoms with Crippen molar-refractivity contribution in [2.45, 2.75) is 26.9 Å². The highest BCUT2D eigenvalue weighted by Crippen LogP contribution is 2.05. The Balaban J connectivity index is 1.81. The van der Waals surface area contributed by atoms with Crippen molar-refractivity contribution in [3.05, 3.63) is 59.5 Å². The molecule has 0 aliphatic carbocycles. The molecule has 3 N–H and O–H groups in total. The van der Waals surface area contributed by atoms with Crippen LogP contribution in [-0.4, -0.2) is 25.0 Å². The molecule has 0 atom stereocenters. The van der Waals surface area contributed by atoms with E-state index in [1.54, 1.807) is 12.3 Å². The summed E-state index contributed by atoms with van der Waals surface area (Å²) in [6.45, 7) is 5.87. The van der Waals surface area contributed by atoms with Gasteiger partial charge in [0.25, 0.3) is 0 Å². The molecule has 0 aliphatic heterocycles. The third-order valence-corrected chi connectivity index (χ3v) is 3.30. The Morgan fingerprint density at radius 2 is 2.04 bits per heavy atom. The van der Waals surface area contributed by atoms with Crippen LogP contribution in [0.3, 0.4) is 0 Å². The molecular weight excluding hydrogens is 304 g/mol. The standard InChI is InChI=1S/C18H24N4O2/c1-3-19-18(21-11-15-7-4-6-14(2)10-15)22-13-17(23)20-12-16-8-5-9-24-16/h4-10H,3,11-13H2,1-2H3,(H,20,23)(H2,19,21,22). The first-order valence-corrected chi connectivity index (χ1v) is 8.04. The molecule has 0 saturated carbocycles. The molecule has 1 aromatic carbocycles. The van der Waals surface area contributed by atoms with E-state index < -0.39 is 0 Å². The molecule has 1 amide bonds. The van der Waals surface area contributed by atoms with Gasteiger partial charge in [-0.1, -0.05) is 29.8 Å². The summed E-state index contributed by atoms with van der Waals surface area (Å²) < 4.78 is 5.17. The van der Waals surface area contributed by atoms with Gasteiger partial charge in [-0.15, -0.1) is 0 Å². The number of carbonyl (C=O) groups is 1. The average Bonchev–Trinajstić information content (AvgIpc) is 3.09. The molecule has 2 aromatic rings. The number of carbonyl (C=O) groups excluding carboxylic acids is 1. The van der Waals surface area contributed by atoms with Crippen molar-refractivity contribution in [1.29, 1.82) is 0 Å². The quantitative estimate of drug-likeness (QED) is 0.536. The van der Waals surface area contributed by atoms with E-state index in [4.69, 9.17) is 4.42 Å². The summed E-state index contributed by atoms with van der Waals surface area (Å²) in [4.78, 5) is 16.4. The van der Waals surface area contributed by atoms with Crippen LogP contribution >= 0.6 is 0 Å². The minimum atomic E-state index is -0.118. The number of hydrogen-bond acceptors (Lipinski definition) is 3. The lowest BCUT2D eigenvalue weighted by molar-refractivity contribution is -0.120. The zero-order valence-corrected chi connectivity index (χ0v) is 14.1. The highest BCUT2D eigenvalue weighted by atomic mass is 16.3. The maximum Gasteiger partial charge on any atom is 0.239 e. The molecule has 0 radical (unpaired) electrons. The second kappa shape index (κ2) is 9.39. The van der Waals surface area contributed by atoms with Crippen LogP contribution in [-0.2, 0) is 17.9 Å². The van der Waals surface area contributed by atoms with E-state index in [9.17, 15) is 4.79 Å². The summed E-state index contributed by atoms with van der Waals surface area (Å²) in [7, 11) is 0. The molecule has 0 spiro atoms. The first kappa shape index (κ1) is 17.6. The van der Waals surface area contributed by atoms with Crippen LogP contribution in [0.15, 0.2) is 52.1 Å². The van der Waals surface area contributed by atoms with Crippen LogP contribution in [0.1, 0.15) is 23.8 Å². The summed E-state index contributed by atoms with van der Waals surface area (Å²) in [6.07, 6.45) is 1.58. The van der Waals surface area contributed by atoms with Crippen molar-refractivity contribution < 1.29 is 9.21 Å². The Labute approximate surface area is 142 Å². The summed E-state index contributed by atoms with van der Waals surface area (Å²) in [5.74, 6) is 1.23. The van der Waals surface area contributed by atoms with Crippen molar-refractivity contribution in [2.24, 2.45) is 4.99 Å². The molecule has 2 rings (SSSR count). The van der Waals surface area contributed by atoms with Gasteiger partial charge in [0.1, 0.15) is 5.76 Å². The van der Waals surface area contributed by atoms with Gasteiger partial charge >= 0.3 is 0 Å². The third-order valence-electron chi connectivity index (χ3n) is 3.30. The first-order chi connectivity index (χ1) is 11.7. The van der Waals surface area contributed by atoms with Gasteiger partial charge in [-0.25, -0.2) is 4.99 Å². The molecule has 0 fully saturated rings. The second-order valence-corrected chi connectivity index (χ2v) is 5.39. The minimum Gasteiger partial charge on any atom is -0.467 e. The number of guanidine groups is 1. The van der Waals surface area contributed by atoms with E-state index in [0.29, 0.717) is 19.0 Å². The number of benzene rings is 1. The molecule has 128 valence electrons. The van der Waals surface area contributed by atoms with E-state index >= 15 is 0 Å². The maximum absolute atomic E-state index is 11.9. The molecule has 1 aromatic heterocycles. The predicted octanol–water partition coefficient (Wildman–Crippen LogP) is 1.96. The van der Waals surface area contributed by atoms with Crippen LogP contribution in [0.4, 0.5) is 0 Å². The van der Waals surface area contributed by atoms with E-state index in [1.165, 1.54) is 5.56 Å². The minimum absolute atomic E-state index is 0.118. The van der Waals surface area contributed by atoms with E-state index in [2.05, 4.69) is 40.0 Å². The molecule has 1 heterocycles. The summed E-state index contributed by atoms with van der Waals surface area (Å²) in [6, 6.07) is 11.8. The number of hydrogen-bond donors (Lipinski definition) is 3. The fourth-order valence-corrected chi connectivity index (χ4v) is 2.15. The largest absolute Gasteiger partial charge is 0.467 e. The highest BCUT2D eigenvalue weighted by Gasteiger charge is 2.04. The molecule has 0 bridgehead atoms. The first-order valence-electron chi connectivity index (χ1n) is 8.04. The third kappa shape index (κ3) is 6.16. The van der Waals surface area contributed by atoms with Gasteiger partial charge in [-0.3, -0.25) is 4.79 Å². The zero-order chi connectivity index (χ0) is 17.2. The number of nitrogens with zero attached hydrogens (tertiary/aromatic N) is 1. The molecule has 0 saturated heterocycles. The van der Waals surface area contributed by atoms with Crippen LogP contribution < -0.4 is 16.0 Å². The topological polar surface area (TPSA) is 78.7 Å². The van der Waals surface area contributed by atoms with Crippen LogP contribution in [0.5, 0.6) is 0 Å². The molecule has 0 unspecified atom stereocenters. The zero-order valence-electron chi connectivity index (χ0n) is 14.1. The van der Waals surface area contributed by atoms with Crippen molar-refractivity contribution in [3.8, 4) is 0 Å². The van der Waals surface area contributed by atoms with E-state index in [-0.39, 0.29) is 12.5 Å². The molecule has 0 aliphatic rings. The van der Waals surface area contributed by atoms with E-state index in [0.717, 1.165) is 17.9 Å². The molecule has 24 heavy (non-hydrogen) atoms. The SMILES string of the molecule is CCNC(=NCc1cccc(C)c1)NCC(=O)NCc1ccco1. The van der Waals surface area contributed by atoms with Gasteiger partial charge in [0.05, 0.1) is 25.9 Å². The molecular formula is C18H24N4O2. The van der Waals surface area contributed by atoms with Crippen molar-refractivity contribution >= 4 is 11.9 Å². The maximum atomic E-state index is 11.9. The molecule has 6 heteroatoms. The van der Waals surface area contributed by atoms with Gasteiger partial charge < -0.3 is 20.4 Å². The normalized spacial score (nSPS) is 11.2. The van der Waals surface area contributed by atoms with Gasteiger partial charge in [-0.05, 0) is 31.5 Å². The average molecular weight is 328 g/mol. The van der Waals surface area contributed by atoms with Crippen molar-refractivity contribution in [3.63, 3.8) is 0 Å². The van der Waals surface area contributed by atoms with Crippen LogP contribution in [0.25, 0.3) is 0 Å². The van der Waals surface area contributed by atoms with E-state index in [1.807, 2.05) is 25.1 Å². The number of furan rings is 1. The van der Waals surface area contributed by atoms with Gasteiger partial charge in [0, 0.05) is 6.54 Å². The lowest BCUT2D eigenvalue weighted by Gasteiger charge is -2.11. The number of aryl methyl sites for hydroxylation is 1. The Morgan fingerprint density at radius 1 is 1.17 bits per heavy atom. The smallest absolute Gasteiger partial charge is 0.239 e. The molecule has 6 nitrogen and oxygen atoms in total. The number of rotatable bonds is 7. The second-order valence-electron chi connectivity index (χ2n) is 5.39. The van der Waals surface area contributed by atoms with Crippen molar-refractivity contribution in [1.82, 2.24) is 16.0 Å². The van der Waals surface area contributed by atoms with Crippen molar-refractivity contribution in [2.75, 3.05) is 13.1 Å². The Kier molecular flexibility index (Phi) is 6.89. The summed E-state index contributed by atoms with van der Waals surface area (Å²) >= 11 is 0. The van der Waals surface area contributed by atoms with Crippen LogP contribution in [0, 0.1) is 6.92 Å². The number of aliphatic imine (C=N–C) groups is 1. The number of nitrogens with one attached hydrogen (secondary N) is 3. The Morgan fingerprint density at radius 3 is 2.75 bits per heavy atom. The number of amides is 1. The highest BCUT2D eigenvalue weighted by molar-refractivity contribution is 5.86. The lowest BCUT2D eigenvalue weighted by Crippen LogP contribution is -2.43. The summed E-state index contributed by atoms with van der Waals surface area (Å²) in [5, 5.41) is 8.95. The Bertz CT molecular complexity index is 665.